The highest BCUT2D eigenvalue weighted by Crippen LogP contribution is 2.33. The molecule has 0 bridgehead atoms. The van der Waals surface area contributed by atoms with Gasteiger partial charge in [-0.15, -0.1) is 0 Å². The van der Waals surface area contributed by atoms with Gasteiger partial charge in [0.1, 0.15) is 0 Å². The first kappa shape index (κ1) is 16.1. The van der Waals surface area contributed by atoms with E-state index in [1.807, 2.05) is 12.1 Å². The van der Waals surface area contributed by atoms with Crippen molar-refractivity contribution in [2.75, 3.05) is 13.6 Å². The van der Waals surface area contributed by atoms with Crippen LogP contribution in [0.2, 0.25) is 10.0 Å². The number of nitrogens with zero attached hydrogens (tertiary/aromatic N) is 1. The average molecular weight is 315 g/mol. The van der Waals surface area contributed by atoms with E-state index in [1.165, 1.54) is 25.7 Å². The van der Waals surface area contributed by atoms with E-state index >= 15 is 0 Å². The van der Waals surface area contributed by atoms with Crippen LogP contribution in [0.3, 0.4) is 0 Å². The molecule has 0 saturated heterocycles. The van der Waals surface area contributed by atoms with Gasteiger partial charge in [-0.25, -0.2) is 0 Å². The Morgan fingerprint density at radius 1 is 1.25 bits per heavy atom. The van der Waals surface area contributed by atoms with E-state index in [9.17, 15) is 0 Å². The molecule has 20 heavy (non-hydrogen) atoms. The van der Waals surface area contributed by atoms with Crippen molar-refractivity contribution in [2.24, 2.45) is 11.7 Å². The molecule has 112 valence electrons. The molecule has 2 rings (SSSR count). The molecule has 3 unspecified atom stereocenters. The zero-order valence-corrected chi connectivity index (χ0v) is 13.8. The largest absolute Gasteiger partial charge is 0.329 e. The minimum Gasteiger partial charge on any atom is -0.329 e. The molecule has 3 atom stereocenters. The van der Waals surface area contributed by atoms with Crippen LogP contribution in [0.1, 0.15) is 44.2 Å². The lowest BCUT2D eigenvalue weighted by molar-refractivity contribution is 0.121. The van der Waals surface area contributed by atoms with Crippen LogP contribution in [0.15, 0.2) is 18.2 Å². The van der Waals surface area contributed by atoms with Crippen LogP contribution >= 0.6 is 23.2 Å². The second kappa shape index (κ2) is 7.13. The Bertz CT molecular complexity index is 430. The van der Waals surface area contributed by atoms with Gasteiger partial charge in [0.15, 0.2) is 0 Å². The number of benzene rings is 1. The third kappa shape index (κ3) is 3.88. The second-order valence-corrected chi connectivity index (χ2v) is 6.92. The van der Waals surface area contributed by atoms with Crippen LogP contribution in [0.4, 0.5) is 0 Å². The zero-order valence-electron chi connectivity index (χ0n) is 12.3. The lowest BCUT2D eigenvalue weighted by Crippen LogP contribution is -2.41. The Kier molecular flexibility index (Phi) is 5.74. The van der Waals surface area contributed by atoms with Crippen molar-refractivity contribution >= 4 is 23.2 Å². The Hall–Kier alpha value is -0.280. The third-order valence-corrected chi connectivity index (χ3v) is 4.91. The van der Waals surface area contributed by atoms with Gasteiger partial charge < -0.3 is 5.73 Å². The smallest absolute Gasteiger partial charge is 0.0471 e. The van der Waals surface area contributed by atoms with E-state index in [-0.39, 0.29) is 6.04 Å². The molecule has 0 aromatic heterocycles. The fourth-order valence-electron chi connectivity index (χ4n) is 3.33. The van der Waals surface area contributed by atoms with E-state index < -0.39 is 0 Å². The van der Waals surface area contributed by atoms with E-state index in [0.717, 1.165) is 11.5 Å². The van der Waals surface area contributed by atoms with E-state index in [1.54, 1.807) is 6.07 Å². The summed E-state index contributed by atoms with van der Waals surface area (Å²) in [4.78, 5) is 2.41. The first-order chi connectivity index (χ1) is 9.51. The molecule has 4 heteroatoms. The molecule has 1 aromatic carbocycles. The van der Waals surface area contributed by atoms with Crippen LogP contribution < -0.4 is 5.73 Å². The van der Waals surface area contributed by atoms with Crippen molar-refractivity contribution in [3.8, 4) is 0 Å². The van der Waals surface area contributed by atoms with E-state index in [4.69, 9.17) is 28.9 Å². The molecule has 0 amide bonds. The summed E-state index contributed by atoms with van der Waals surface area (Å²) in [7, 11) is 2.18. The number of halogens is 2. The molecule has 2 nitrogen and oxygen atoms in total. The number of rotatable bonds is 4. The maximum atomic E-state index is 6.12. The minimum absolute atomic E-state index is 0.182. The molecular weight excluding hydrogens is 291 g/mol. The van der Waals surface area contributed by atoms with Crippen LogP contribution in [-0.2, 0) is 0 Å². The fourth-order valence-corrected chi connectivity index (χ4v) is 3.87. The van der Waals surface area contributed by atoms with Crippen molar-refractivity contribution in [3.63, 3.8) is 0 Å². The molecule has 1 fully saturated rings. The topological polar surface area (TPSA) is 29.3 Å². The molecule has 0 radical (unpaired) electrons. The lowest BCUT2D eigenvalue weighted by atomic mass is 9.85. The molecule has 0 heterocycles. The van der Waals surface area contributed by atoms with Gasteiger partial charge >= 0.3 is 0 Å². The highest BCUT2D eigenvalue weighted by Gasteiger charge is 2.27. The van der Waals surface area contributed by atoms with Crippen molar-refractivity contribution in [1.82, 2.24) is 4.90 Å². The van der Waals surface area contributed by atoms with Crippen LogP contribution in [-0.4, -0.2) is 24.5 Å². The van der Waals surface area contributed by atoms with E-state index in [2.05, 4.69) is 18.9 Å². The van der Waals surface area contributed by atoms with Gasteiger partial charge in [-0.2, -0.15) is 0 Å². The third-order valence-electron chi connectivity index (χ3n) is 4.47. The van der Waals surface area contributed by atoms with Crippen molar-refractivity contribution in [3.05, 3.63) is 33.8 Å². The molecule has 1 aromatic rings. The monoisotopic (exact) mass is 314 g/mol. The number of nitrogens with two attached hydrogens (primary N) is 1. The summed E-state index contributed by atoms with van der Waals surface area (Å²) in [6, 6.07) is 6.51. The Balaban J connectivity index is 2.17. The molecule has 0 spiro atoms. The summed E-state index contributed by atoms with van der Waals surface area (Å²) in [6.45, 7) is 2.92. The second-order valence-electron chi connectivity index (χ2n) is 6.05. The molecule has 2 N–H and O–H groups in total. The van der Waals surface area contributed by atoms with Gasteiger partial charge in [0.05, 0.1) is 0 Å². The standard InChI is InChI=1S/C16H24Cl2N2/c1-11-4-3-5-15(6-11)20(2)16(10-19)12-7-13(17)9-14(18)8-12/h7-9,11,15-16H,3-6,10,19H2,1-2H3. The summed E-state index contributed by atoms with van der Waals surface area (Å²) in [5, 5.41) is 1.35. The first-order valence-corrected chi connectivity index (χ1v) is 8.15. The first-order valence-electron chi connectivity index (χ1n) is 7.39. The normalized spacial score (nSPS) is 24.9. The summed E-state index contributed by atoms with van der Waals surface area (Å²) in [6.07, 6.45) is 5.16. The molecular formula is C16H24Cl2N2. The van der Waals surface area contributed by atoms with Crippen LogP contribution in [0.5, 0.6) is 0 Å². The minimum atomic E-state index is 0.182. The maximum absolute atomic E-state index is 6.12. The Labute approximate surface area is 132 Å². The maximum Gasteiger partial charge on any atom is 0.0471 e. The SMILES string of the molecule is CC1CCCC(N(C)C(CN)c2cc(Cl)cc(Cl)c2)C1. The predicted molar refractivity (Wildman–Crippen MR) is 87.4 cm³/mol. The van der Waals surface area contributed by atoms with Gasteiger partial charge in [-0.3, -0.25) is 4.90 Å². The Morgan fingerprint density at radius 2 is 1.90 bits per heavy atom. The highest BCUT2D eigenvalue weighted by molar-refractivity contribution is 6.34. The quantitative estimate of drug-likeness (QED) is 0.886. The Morgan fingerprint density at radius 3 is 2.45 bits per heavy atom. The summed E-state index contributed by atoms with van der Waals surface area (Å²) in [5.74, 6) is 0.803. The van der Waals surface area contributed by atoms with Crippen molar-refractivity contribution in [2.45, 2.75) is 44.7 Å². The summed E-state index contributed by atoms with van der Waals surface area (Å²) in [5.41, 5.74) is 7.14. The number of hydrogen-bond donors (Lipinski definition) is 1. The van der Waals surface area contributed by atoms with Crippen molar-refractivity contribution < 1.29 is 0 Å². The van der Waals surface area contributed by atoms with Gasteiger partial charge in [0.25, 0.3) is 0 Å². The number of likely N-dealkylation sites (N-methyl/N-ethyl adjacent to an activating group) is 1. The van der Waals surface area contributed by atoms with Gasteiger partial charge in [-0.1, -0.05) is 43.0 Å². The average Bonchev–Trinajstić information content (AvgIpc) is 2.38. The van der Waals surface area contributed by atoms with Crippen molar-refractivity contribution in [1.29, 1.82) is 0 Å². The van der Waals surface area contributed by atoms with E-state index in [0.29, 0.717) is 22.6 Å². The lowest BCUT2D eigenvalue weighted by Gasteiger charge is -2.39. The van der Waals surface area contributed by atoms with Gasteiger partial charge in [-0.05, 0) is 49.6 Å². The highest BCUT2D eigenvalue weighted by atomic mass is 35.5. The summed E-state index contributed by atoms with van der Waals surface area (Å²) < 4.78 is 0. The summed E-state index contributed by atoms with van der Waals surface area (Å²) >= 11 is 12.2. The molecule has 0 aliphatic heterocycles. The van der Waals surface area contributed by atoms with Gasteiger partial charge in [0, 0.05) is 28.7 Å². The van der Waals surface area contributed by atoms with Gasteiger partial charge in [0.2, 0.25) is 0 Å². The fraction of sp³-hybridized carbons (Fsp3) is 0.625. The predicted octanol–water partition coefficient (Wildman–Crippen LogP) is 4.50. The van der Waals surface area contributed by atoms with Crippen LogP contribution in [0, 0.1) is 5.92 Å². The van der Waals surface area contributed by atoms with Crippen LogP contribution in [0.25, 0.3) is 0 Å². The number of hydrogen-bond acceptors (Lipinski definition) is 2. The zero-order chi connectivity index (χ0) is 14.7. The molecule has 1 aliphatic carbocycles. The molecule has 1 saturated carbocycles. The molecule has 1 aliphatic rings.